The van der Waals surface area contributed by atoms with Crippen molar-refractivity contribution < 1.29 is 9.59 Å². The highest BCUT2D eigenvalue weighted by Crippen LogP contribution is 2.20. The van der Waals surface area contributed by atoms with E-state index in [0.29, 0.717) is 31.7 Å². The van der Waals surface area contributed by atoms with Crippen LogP contribution in [0.3, 0.4) is 0 Å². The van der Waals surface area contributed by atoms with Crippen molar-refractivity contribution >= 4 is 27.6 Å². The number of aromatic nitrogens is 1. The number of carbonyl (C=O) groups excluding carboxylic acids is 2. The Morgan fingerprint density at radius 1 is 0.844 bits per heavy atom. The third-order valence-corrected chi connectivity index (χ3v) is 6.20. The van der Waals surface area contributed by atoms with Gasteiger partial charge in [-0.05, 0) is 23.8 Å². The maximum absolute atomic E-state index is 13.5. The SMILES string of the molecule is O=C(c1ccc(Br)cc1)C(C(=O)N1CCN(Cc2ccccc2)CC1)n1ccccc1=O. The number of amides is 1. The number of Topliss-reactive ketones (excluding diaryl/α,β-unsaturated/α-hetero) is 1. The number of carbonyl (C=O) groups is 2. The number of nitrogens with zero attached hydrogens (tertiary/aromatic N) is 3. The maximum Gasteiger partial charge on any atom is 0.253 e. The summed E-state index contributed by atoms with van der Waals surface area (Å²) >= 11 is 3.36. The van der Waals surface area contributed by atoms with Gasteiger partial charge in [-0.1, -0.05) is 64.5 Å². The molecule has 1 aliphatic rings. The average Bonchev–Trinajstić information content (AvgIpc) is 2.82. The fraction of sp³-hybridized carbons (Fsp3) is 0.240. The third kappa shape index (κ3) is 5.06. The van der Waals surface area contributed by atoms with Crippen LogP contribution in [0.15, 0.2) is 88.3 Å². The molecule has 1 fully saturated rings. The van der Waals surface area contributed by atoms with Crippen LogP contribution in [0.1, 0.15) is 22.0 Å². The minimum Gasteiger partial charge on any atom is -0.338 e. The van der Waals surface area contributed by atoms with E-state index in [0.717, 1.165) is 11.0 Å². The van der Waals surface area contributed by atoms with Crippen molar-refractivity contribution in [1.82, 2.24) is 14.4 Å². The first kappa shape index (κ1) is 22.2. The Balaban J connectivity index is 1.53. The highest BCUT2D eigenvalue weighted by molar-refractivity contribution is 9.10. The van der Waals surface area contributed by atoms with E-state index in [2.05, 4.69) is 33.0 Å². The zero-order valence-corrected chi connectivity index (χ0v) is 19.1. The highest BCUT2D eigenvalue weighted by atomic mass is 79.9. The second-order valence-corrected chi connectivity index (χ2v) is 8.72. The second-order valence-electron chi connectivity index (χ2n) is 7.81. The molecule has 0 N–H and O–H groups in total. The molecule has 32 heavy (non-hydrogen) atoms. The fourth-order valence-corrected chi connectivity index (χ4v) is 4.19. The van der Waals surface area contributed by atoms with Gasteiger partial charge in [0.2, 0.25) is 0 Å². The lowest BCUT2D eigenvalue weighted by atomic mass is 10.0. The van der Waals surface area contributed by atoms with Crippen molar-refractivity contribution in [3.63, 3.8) is 0 Å². The molecule has 164 valence electrons. The summed E-state index contributed by atoms with van der Waals surface area (Å²) in [7, 11) is 0. The van der Waals surface area contributed by atoms with Gasteiger partial charge in [0.15, 0.2) is 11.8 Å². The maximum atomic E-state index is 13.5. The van der Waals surface area contributed by atoms with Crippen LogP contribution in [0.25, 0.3) is 0 Å². The molecule has 1 atom stereocenters. The number of ketones is 1. The Hall–Kier alpha value is -3.03. The highest BCUT2D eigenvalue weighted by Gasteiger charge is 2.34. The monoisotopic (exact) mass is 493 g/mol. The summed E-state index contributed by atoms with van der Waals surface area (Å²) in [6.07, 6.45) is 1.51. The molecule has 2 aromatic carbocycles. The van der Waals surface area contributed by atoms with E-state index in [4.69, 9.17) is 0 Å². The van der Waals surface area contributed by atoms with E-state index in [9.17, 15) is 14.4 Å². The number of rotatable bonds is 6. The molecular weight excluding hydrogens is 470 g/mol. The van der Waals surface area contributed by atoms with Crippen molar-refractivity contribution in [2.24, 2.45) is 0 Å². The topological polar surface area (TPSA) is 62.6 Å². The summed E-state index contributed by atoms with van der Waals surface area (Å²) in [5.41, 5.74) is 1.25. The van der Waals surface area contributed by atoms with E-state index < -0.39 is 6.04 Å². The van der Waals surface area contributed by atoms with Crippen LogP contribution in [-0.2, 0) is 11.3 Å². The van der Waals surface area contributed by atoms with Gasteiger partial charge in [0.1, 0.15) is 0 Å². The van der Waals surface area contributed by atoms with E-state index >= 15 is 0 Å². The van der Waals surface area contributed by atoms with Crippen LogP contribution in [0, 0.1) is 0 Å². The smallest absolute Gasteiger partial charge is 0.253 e. The number of pyridine rings is 1. The zero-order chi connectivity index (χ0) is 22.5. The summed E-state index contributed by atoms with van der Waals surface area (Å²) in [4.78, 5) is 43.4. The molecular formula is C25H24BrN3O3. The van der Waals surface area contributed by atoms with E-state index in [1.807, 2.05) is 18.2 Å². The standard InChI is InChI=1S/C25H24BrN3O3/c26-21-11-9-20(10-12-21)24(31)23(29-13-5-4-8-22(29)30)25(32)28-16-14-27(15-17-28)18-19-6-2-1-3-7-19/h1-13,23H,14-18H2. The fourth-order valence-electron chi connectivity index (χ4n) is 3.92. The first-order chi connectivity index (χ1) is 15.5. The molecule has 1 aromatic heterocycles. The molecule has 1 unspecified atom stereocenters. The quantitative estimate of drug-likeness (QED) is 0.390. The van der Waals surface area contributed by atoms with Crippen LogP contribution in [0.4, 0.5) is 0 Å². The van der Waals surface area contributed by atoms with Gasteiger partial charge in [0.25, 0.3) is 11.5 Å². The van der Waals surface area contributed by atoms with Crippen molar-refractivity contribution in [2.75, 3.05) is 26.2 Å². The van der Waals surface area contributed by atoms with Gasteiger partial charge >= 0.3 is 0 Å². The van der Waals surface area contributed by atoms with Crippen LogP contribution < -0.4 is 5.56 Å². The summed E-state index contributed by atoms with van der Waals surface area (Å²) in [5, 5.41) is 0. The predicted molar refractivity (Wildman–Crippen MR) is 127 cm³/mol. The van der Waals surface area contributed by atoms with Gasteiger partial charge in [-0.25, -0.2) is 0 Å². The summed E-state index contributed by atoms with van der Waals surface area (Å²) in [5.74, 6) is -0.729. The van der Waals surface area contributed by atoms with Crippen molar-refractivity contribution in [2.45, 2.75) is 12.6 Å². The predicted octanol–water partition coefficient (Wildman–Crippen LogP) is 3.38. The molecule has 3 aromatic rings. The minimum atomic E-state index is -1.22. The lowest BCUT2D eigenvalue weighted by Crippen LogP contribution is -2.52. The molecule has 1 amide bonds. The van der Waals surface area contributed by atoms with Gasteiger partial charge in [-0.3, -0.25) is 23.9 Å². The summed E-state index contributed by atoms with van der Waals surface area (Å²) < 4.78 is 2.08. The van der Waals surface area contributed by atoms with E-state index in [1.54, 1.807) is 41.3 Å². The van der Waals surface area contributed by atoms with Crippen LogP contribution in [-0.4, -0.2) is 52.2 Å². The molecule has 0 bridgehead atoms. The molecule has 1 aliphatic heterocycles. The van der Waals surface area contributed by atoms with Gasteiger partial charge < -0.3 is 4.90 Å². The molecule has 7 heteroatoms. The molecule has 0 spiro atoms. The Morgan fingerprint density at radius 3 is 2.16 bits per heavy atom. The average molecular weight is 494 g/mol. The van der Waals surface area contributed by atoms with E-state index in [-0.39, 0.29) is 17.2 Å². The Morgan fingerprint density at radius 2 is 1.50 bits per heavy atom. The first-order valence-corrected chi connectivity index (χ1v) is 11.3. The summed E-state index contributed by atoms with van der Waals surface area (Å²) in [6.45, 7) is 3.27. The zero-order valence-electron chi connectivity index (χ0n) is 17.6. The van der Waals surface area contributed by atoms with Crippen molar-refractivity contribution in [3.05, 3.63) is 105 Å². The Labute approximate surface area is 195 Å². The van der Waals surface area contributed by atoms with Crippen LogP contribution >= 0.6 is 15.9 Å². The first-order valence-electron chi connectivity index (χ1n) is 10.5. The molecule has 2 heterocycles. The van der Waals surface area contributed by atoms with Gasteiger partial charge in [0, 0.05) is 55.0 Å². The van der Waals surface area contributed by atoms with Crippen LogP contribution in [0.5, 0.6) is 0 Å². The van der Waals surface area contributed by atoms with E-state index in [1.165, 1.54) is 22.4 Å². The van der Waals surface area contributed by atoms with Crippen molar-refractivity contribution in [3.8, 4) is 0 Å². The molecule has 4 rings (SSSR count). The lowest BCUT2D eigenvalue weighted by Gasteiger charge is -2.36. The lowest BCUT2D eigenvalue weighted by molar-refractivity contribution is -0.135. The van der Waals surface area contributed by atoms with Crippen LogP contribution in [0.2, 0.25) is 0 Å². The number of halogens is 1. The van der Waals surface area contributed by atoms with Crippen molar-refractivity contribution in [1.29, 1.82) is 0 Å². The normalized spacial score (nSPS) is 15.3. The molecule has 6 nitrogen and oxygen atoms in total. The number of hydrogen-bond donors (Lipinski definition) is 0. The van der Waals surface area contributed by atoms with Gasteiger partial charge in [0.05, 0.1) is 0 Å². The molecule has 0 aliphatic carbocycles. The molecule has 0 saturated carbocycles. The van der Waals surface area contributed by atoms with Gasteiger partial charge in [-0.2, -0.15) is 0 Å². The largest absolute Gasteiger partial charge is 0.338 e. The number of piperazine rings is 1. The molecule has 1 saturated heterocycles. The summed E-state index contributed by atoms with van der Waals surface area (Å²) in [6, 6.07) is 20.5. The Kier molecular flexibility index (Phi) is 6.97. The second kappa shape index (κ2) is 10.1. The molecule has 0 radical (unpaired) electrons. The number of benzene rings is 2. The number of hydrogen-bond acceptors (Lipinski definition) is 4. The third-order valence-electron chi connectivity index (χ3n) is 5.67. The Bertz CT molecular complexity index is 1140. The minimum absolute atomic E-state index is 0.342. The van der Waals surface area contributed by atoms with Gasteiger partial charge in [-0.15, -0.1) is 0 Å².